The molecule has 0 unspecified atom stereocenters. The van der Waals surface area contributed by atoms with Crippen molar-refractivity contribution in [1.82, 2.24) is 5.43 Å². The minimum Gasteiger partial charge on any atom is -0.500 e. The van der Waals surface area contributed by atoms with Crippen molar-refractivity contribution in [1.29, 1.82) is 0 Å². The van der Waals surface area contributed by atoms with Crippen molar-refractivity contribution in [3.8, 4) is 11.5 Å². The summed E-state index contributed by atoms with van der Waals surface area (Å²) in [7, 11) is 1.23. The maximum atomic E-state index is 11.9. The monoisotopic (exact) mass is 372 g/mol. The van der Waals surface area contributed by atoms with Crippen LogP contribution in [0.4, 0.5) is 11.4 Å². The molecule has 0 radical (unpaired) electrons. The third-order valence-electron chi connectivity index (χ3n) is 3.47. The largest absolute Gasteiger partial charge is 0.500 e. The van der Waals surface area contributed by atoms with Gasteiger partial charge in [0, 0.05) is 17.3 Å². The molecule has 2 aromatic rings. The van der Waals surface area contributed by atoms with E-state index in [1.807, 2.05) is 5.43 Å². The van der Waals surface area contributed by atoms with Gasteiger partial charge in [-0.15, -0.1) is 0 Å². The molecule has 0 saturated carbocycles. The number of anilines is 1. The molecule has 10 nitrogen and oxygen atoms in total. The lowest BCUT2D eigenvalue weighted by atomic mass is 10.2. The van der Waals surface area contributed by atoms with Crippen LogP contribution in [0.15, 0.2) is 41.5 Å². The zero-order chi connectivity index (χ0) is 20.0. The number of hydrogen-bond acceptors (Lipinski definition) is 7. The van der Waals surface area contributed by atoms with Crippen LogP contribution in [0.3, 0.4) is 0 Å². The molecule has 0 saturated heterocycles. The van der Waals surface area contributed by atoms with Crippen LogP contribution < -0.4 is 15.5 Å². The van der Waals surface area contributed by atoms with Crippen molar-refractivity contribution < 1.29 is 24.4 Å². The summed E-state index contributed by atoms with van der Waals surface area (Å²) in [5, 5.41) is 26.7. The molecule has 10 heteroatoms. The zero-order valence-electron chi connectivity index (χ0n) is 14.4. The highest BCUT2D eigenvalue weighted by Crippen LogP contribution is 2.36. The molecule has 0 aliphatic heterocycles. The number of phenols is 1. The van der Waals surface area contributed by atoms with E-state index in [0.29, 0.717) is 5.69 Å². The predicted molar refractivity (Wildman–Crippen MR) is 96.9 cm³/mol. The molecule has 2 aromatic carbocycles. The van der Waals surface area contributed by atoms with Crippen LogP contribution in [0.1, 0.15) is 11.1 Å². The number of nitro benzene ring substituents is 1. The number of carbonyl (C=O) groups is 2. The van der Waals surface area contributed by atoms with Gasteiger partial charge in [-0.2, -0.15) is 5.10 Å². The molecular formula is C17H16N4O6. The fourth-order valence-electron chi connectivity index (χ4n) is 2.09. The highest BCUT2D eigenvalue weighted by molar-refractivity contribution is 6.39. The van der Waals surface area contributed by atoms with Crippen molar-refractivity contribution in [2.24, 2.45) is 5.10 Å². The first-order valence-electron chi connectivity index (χ1n) is 7.59. The topological polar surface area (TPSA) is 143 Å². The molecule has 0 atom stereocenters. The summed E-state index contributed by atoms with van der Waals surface area (Å²) in [6, 6.07) is 9.25. The lowest BCUT2D eigenvalue weighted by Crippen LogP contribution is -2.32. The third kappa shape index (κ3) is 4.78. The first kappa shape index (κ1) is 19.4. The number of amides is 2. The Morgan fingerprint density at radius 3 is 2.59 bits per heavy atom. The standard InChI is InChI=1S/C17H16N4O6/c1-10-5-3-4-6-12(10)19-16(23)17(24)20-18-9-11-7-13(21(25)26)15(22)14(8-11)27-2/h3-9,22H,1-2H3,(H,19,23)(H,20,24)/b18-9+. The average Bonchev–Trinajstić information content (AvgIpc) is 2.64. The summed E-state index contributed by atoms with van der Waals surface area (Å²) in [6.45, 7) is 1.77. The second kappa shape index (κ2) is 8.43. The number of rotatable bonds is 5. The Morgan fingerprint density at radius 1 is 1.26 bits per heavy atom. The van der Waals surface area contributed by atoms with Crippen molar-refractivity contribution in [2.75, 3.05) is 12.4 Å². The number of para-hydroxylation sites is 1. The molecule has 0 aliphatic carbocycles. The molecule has 27 heavy (non-hydrogen) atoms. The number of aryl methyl sites for hydroxylation is 1. The number of nitrogens with one attached hydrogen (secondary N) is 2. The van der Waals surface area contributed by atoms with E-state index in [9.17, 15) is 24.8 Å². The van der Waals surface area contributed by atoms with Gasteiger partial charge >= 0.3 is 17.5 Å². The molecule has 0 spiro atoms. The van der Waals surface area contributed by atoms with Crippen molar-refractivity contribution in [2.45, 2.75) is 6.92 Å². The molecule has 2 rings (SSSR count). The molecule has 0 aromatic heterocycles. The molecular weight excluding hydrogens is 356 g/mol. The van der Waals surface area contributed by atoms with Gasteiger partial charge in [0.15, 0.2) is 5.75 Å². The van der Waals surface area contributed by atoms with Crippen molar-refractivity contribution in [3.05, 3.63) is 57.6 Å². The van der Waals surface area contributed by atoms with Crippen LogP contribution in [0.25, 0.3) is 0 Å². The van der Waals surface area contributed by atoms with E-state index in [1.165, 1.54) is 13.2 Å². The molecule has 3 N–H and O–H groups in total. The Morgan fingerprint density at radius 2 is 1.96 bits per heavy atom. The summed E-state index contributed by atoms with van der Waals surface area (Å²) < 4.78 is 4.85. The summed E-state index contributed by atoms with van der Waals surface area (Å²) in [5.41, 5.74) is 2.88. The normalized spacial score (nSPS) is 10.4. The fraction of sp³-hybridized carbons (Fsp3) is 0.118. The van der Waals surface area contributed by atoms with Gasteiger partial charge in [0.1, 0.15) is 0 Å². The number of hydrazone groups is 1. The number of benzene rings is 2. The summed E-state index contributed by atoms with van der Waals surface area (Å²) in [4.78, 5) is 33.8. The first-order chi connectivity index (χ1) is 12.8. The Balaban J connectivity index is 2.07. The minimum atomic E-state index is -1.02. The van der Waals surface area contributed by atoms with Crippen LogP contribution in [-0.4, -0.2) is 35.2 Å². The molecule has 0 fully saturated rings. The van der Waals surface area contributed by atoms with Crippen LogP contribution in [0, 0.1) is 17.0 Å². The van der Waals surface area contributed by atoms with Gasteiger partial charge in [-0.3, -0.25) is 19.7 Å². The highest BCUT2D eigenvalue weighted by Gasteiger charge is 2.19. The number of ether oxygens (including phenoxy) is 1. The number of hydrogen-bond donors (Lipinski definition) is 3. The van der Waals surface area contributed by atoms with Gasteiger partial charge in [0.25, 0.3) is 0 Å². The summed E-state index contributed by atoms with van der Waals surface area (Å²) in [6.07, 6.45) is 1.08. The maximum Gasteiger partial charge on any atom is 0.329 e. The van der Waals surface area contributed by atoms with Crippen LogP contribution in [-0.2, 0) is 9.59 Å². The van der Waals surface area contributed by atoms with E-state index in [-0.39, 0.29) is 11.3 Å². The van der Waals surface area contributed by atoms with Gasteiger partial charge in [0.05, 0.1) is 18.2 Å². The smallest absolute Gasteiger partial charge is 0.329 e. The lowest BCUT2D eigenvalue weighted by Gasteiger charge is -2.07. The first-order valence-corrected chi connectivity index (χ1v) is 7.59. The Kier molecular flexibility index (Phi) is 6.05. The molecule has 0 aliphatic rings. The lowest BCUT2D eigenvalue weighted by molar-refractivity contribution is -0.386. The fourth-order valence-corrected chi connectivity index (χ4v) is 2.09. The minimum absolute atomic E-state index is 0.130. The van der Waals surface area contributed by atoms with Gasteiger partial charge in [-0.25, -0.2) is 5.43 Å². The molecule has 2 amide bonds. The predicted octanol–water partition coefficient (Wildman–Crippen LogP) is 1.71. The Hall–Kier alpha value is -3.95. The number of methoxy groups -OCH3 is 1. The van der Waals surface area contributed by atoms with Crippen molar-refractivity contribution in [3.63, 3.8) is 0 Å². The third-order valence-corrected chi connectivity index (χ3v) is 3.47. The van der Waals surface area contributed by atoms with E-state index in [1.54, 1.807) is 31.2 Å². The number of aromatic hydroxyl groups is 1. The zero-order valence-corrected chi connectivity index (χ0v) is 14.4. The number of nitro groups is 1. The van der Waals surface area contributed by atoms with E-state index in [4.69, 9.17) is 4.74 Å². The molecule has 0 bridgehead atoms. The summed E-state index contributed by atoms with van der Waals surface area (Å²) in [5.74, 6) is -2.69. The van der Waals surface area contributed by atoms with E-state index in [2.05, 4.69) is 10.4 Å². The molecule has 140 valence electrons. The van der Waals surface area contributed by atoms with Crippen LogP contribution in [0.5, 0.6) is 11.5 Å². The van der Waals surface area contributed by atoms with Gasteiger partial charge in [-0.1, -0.05) is 18.2 Å². The van der Waals surface area contributed by atoms with Crippen LogP contribution >= 0.6 is 0 Å². The van der Waals surface area contributed by atoms with E-state index >= 15 is 0 Å². The molecule has 0 heterocycles. The van der Waals surface area contributed by atoms with Crippen LogP contribution in [0.2, 0.25) is 0 Å². The maximum absolute atomic E-state index is 11.9. The van der Waals surface area contributed by atoms with E-state index < -0.39 is 28.2 Å². The second-order valence-corrected chi connectivity index (χ2v) is 5.32. The van der Waals surface area contributed by atoms with Gasteiger partial charge < -0.3 is 15.2 Å². The quantitative estimate of drug-likeness (QED) is 0.315. The Bertz CT molecular complexity index is 926. The number of carbonyl (C=O) groups excluding carboxylic acids is 2. The van der Waals surface area contributed by atoms with Gasteiger partial charge in [0.2, 0.25) is 5.75 Å². The highest BCUT2D eigenvalue weighted by atomic mass is 16.6. The van der Waals surface area contributed by atoms with E-state index in [0.717, 1.165) is 17.8 Å². The Labute approximate surface area is 153 Å². The number of nitrogens with zero attached hydrogens (tertiary/aromatic N) is 2. The average molecular weight is 372 g/mol. The van der Waals surface area contributed by atoms with Crippen molar-refractivity contribution >= 4 is 29.4 Å². The SMILES string of the molecule is COc1cc(/C=N/NC(=O)C(=O)Nc2ccccc2C)cc([N+](=O)[O-])c1O. The number of phenolic OH excluding ortho intramolecular Hbond substituents is 1. The second-order valence-electron chi connectivity index (χ2n) is 5.32. The van der Waals surface area contributed by atoms with Gasteiger partial charge in [-0.05, 0) is 24.6 Å². The summed E-state index contributed by atoms with van der Waals surface area (Å²) >= 11 is 0.